The summed E-state index contributed by atoms with van der Waals surface area (Å²) in [6.45, 7) is 3.23. The van der Waals surface area contributed by atoms with Crippen molar-refractivity contribution in [2.45, 2.75) is 38.6 Å². The van der Waals surface area contributed by atoms with Crippen LogP contribution in [0.4, 0.5) is 10.1 Å². The first kappa shape index (κ1) is 21.3. The van der Waals surface area contributed by atoms with Crippen molar-refractivity contribution in [3.05, 3.63) is 88.9 Å². The van der Waals surface area contributed by atoms with Crippen LogP contribution in [0.25, 0.3) is 0 Å². The molecule has 1 saturated heterocycles. The zero-order chi connectivity index (χ0) is 21.8. The molecule has 0 aliphatic carbocycles. The molecule has 2 atom stereocenters. The van der Waals surface area contributed by atoms with Crippen LogP contribution in [0.2, 0.25) is 0 Å². The van der Waals surface area contributed by atoms with E-state index < -0.39 is 11.9 Å². The quantitative estimate of drug-likeness (QED) is 0.602. The van der Waals surface area contributed by atoms with Gasteiger partial charge in [0.2, 0.25) is 0 Å². The molecule has 6 heteroatoms. The molecular weight excluding hydrogens is 395 g/mol. The van der Waals surface area contributed by atoms with E-state index in [9.17, 15) is 14.6 Å². The van der Waals surface area contributed by atoms with Crippen molar-refractivity contribution in [3.8, 4) is 5.88 Å². The Labute approximate surface area is 181 Å². The predicted octanol–water partition coefficient (Wildman–Crippen LogP) is 4.01. The molecular formula is C25H27FN2O3. The minimum absolute atomic E-state index is 0.0183. The summed E-state index contributed by atoms with van der Waals surface area (Å²) in [7, 11) is 0. The van der Waals surface area contributed by atoms with E-state index in [0.29, 0.717) is 6.54 Å². The second kappa shape index (κ2) is 9.45. The Morgan fingerprint density at radius 3 is 2.77 bits per heavy atom. The van der Waals surface area contributed by atoms with Gasteiger partial charge in [-0.3, -0.25) is 0 Å². The number of aromatic nitrogens is 1. The molecule has 0 saturated carbocycles. The summed E-state index contributed by atoms with van der Waals surface area (Å²) >= 11 is 0. The van der Waals surface area contributed by atoms with Crippen molar-refractivity contribution in [2.75, 3.05) is 18.0 Å². The van der Waals surface area contributed by atoms with Gasteiger partial charge in [0.15, 0.2) is 5.82 Å². The predicted molar refractivity (Wildman–Crippen MR) is 118 cm³/mol. The molecule has 2 N–H and O–H groups in total. The van der Waals surface area contributed by atoms with Gasteiger partial charge in [0.05, 0.1) is 13.2 Å². The molecule has 2 aromatic carbocycles. The van der Waals surface area contributed by atoms with Crippen molar-refractivity contribution >= 4 is 5.69 Å². The Balaban J connectivity index is 1.52. The number of nitrogens with zero attached hydrogens (tertiary/aromatic N) is 2. The average Bonchev–Trinajstić information content (AvgIpc) is 3.28. The molecule has 0 bridgehead atoms. The van der Waals surface area contributed by atoms with E-state index in [1.165, 1.54) is 18.3 Å². The van der Waals surface area contributed by atoms with E-state index >= 15 is 0 Å². The first-order valence-corrected chi connectivity index (χ1v) is 10.6. The lowest BCUT2D eigenvalue weighted by Crippen LogP contribution is -2.26. The van der Waals surface area contributed by atoms with Gasteiger partial charge in [-0.05, 0) is 47.4 Å². The molecule has 0 amide bonds. The van der Waals surface area contributed by atoms with Crippen LogP contribution in [0.3, 0.4) is 0 Å². The molecule has 2 heterocycles. The second-order valence-electron chi connectivity index (χ2n) is 7.77. The maximum Gasteiger partial charge on any atom is 0.250 e. The molecule has 1 aromatic heterocycles. The zero-order valence-corrected chi connectivity index (χ0v) is 17.5. The number of benzene rings is 2. The summed E-state index contributed by atoms with van der Waals surface area (Å²) in [5.74, 6) is -0.451. The van der Waals surface area contributed by atoms with Crippen molar-refractivity contribution in [1.82, 2.24) is 4.98 Å². The van der Waals surface area contributed by atoms with Gasteiger partial charge in [0.25, 0.3) is 5.88 Å². The van der Waals surface area contributed by atoms with Gasteiger partial charge in [0.1, 0.15) is 12.2 Å². The summed E-state index contributed by atoms with van der Waals surface area (Å²) in [5, 5.41) is 20.9. The summed E-state index contributed by atoms with van der Waals surface area (Å²) in [6.07, 6.45) is 2.14. The molecule has 1 aliphatic rings. The molecule has 1 fully saturated rings. The van der Waals surface area contributed by atoms with E-state index in [0.717, 1.165) is 47.3 Å². The summed E-state index contributed by atoms with van der Waals surface area (Å²) in [4.78, 5) is 6.08. The second-order valence-corrected chi connectivity index (χ2v) is 7.77. The first-order chi connectivity index (χ1) is 15.1. The van der Waals surface area contributed by atoms with Crippen LogP contribution in [0, 0.1) is 5.82 Å². The van der Waals surface area contributed by atoms with Crippen LogP contribution < -0.4 is 9.64 Å². The lowest BCUT2D eigenvalue weighted by Gasteiger charge is -2.23. The minimum atomic E-state index is -0.753. The molecule has 4 rings (SSSR count). The van der Waals surface area contributed by atoms with Gasteiger partial charge in [-0.25, -0.2) is 9.37 Å². The SMILES string of the molecule is CCc1ccccc1C(O)c1ccc(N2CC[C@H](Oc3ncccc3F)C2)c(CO)c1. The Kier molecular flexibility index (Phi) is 6.49. The molecule has 1 unspecified atom stereocenters. The smallest absolute Gasteiger partial charge is 0.250 e. The highest BCUT2D eigenvalue weighted by atomic mass is 19.1. The molecule has 0 radical (unpaired) electrons. The van der Waals surface area contributed by atoms with Gasteiger partial charge in [-0.15, -0.1) is 0 Å². The van der Waals surface area contributed by atoms with E-state index in [-0.39, 0.29) is 18.6 Å². The largest absolute Gasteiger partial charge is 0.470 e. The van der Waals surface area contributed by atoms with Crippen LogP contribution in [0.1, 0.15) is 41.7 Å². The minimum Gasteiger partial charge on any atom is -0.470 e. The van der Waals surface area contributed by atoms with E-state index in [1.54, 1.807) is 0 Å². The maximum atomic E-state index is 13.8. The molecule has 0 spiro atoms. The number of hydrogen-bond donors (Lipinski definition) is 2. The number of ether oxygens (including phenoxy) is 1. The molecule has 31 heavy (non-hydrogen) atoms. The molecule has 5 nitrogen and oxygen atoms in total. The van der Waals surface area contributed by atoms with Crippen LogP contribution in [0.15, 0.2) is 60.8 Å². The highest BCUT2D eigenvalue weighted by Gasteiger charge is 2.27. The number of aliphatic hydroxyl groups excluding tert-OH is 2. The van der Waals surface area contributed by atoms with Crippen molar-refractivity contribution in [3.63, 3.8) is 0 Å². The monoisotopic (exact) mass is 422 g/mol. The van der Waals surface area contributed by atoms with Crippen molar-refractivity contribution in [2.24, 2.45) is 0 Å². The van der Waals surface area contributed by atoms with Crippen LogP contribution in [-0.4, -0.2) is 34.4 Å². The third-order valence-corrected chi connectivity index (χ3v) is 5.81. The zero-order valence-electron chi connectivity index (χ0n) is 17.5. The van der Waals surface area contributed by atoms with E-state index in [4.69, 9.17) is 4.74 Å². The van der Waals surface area contributed by atoms with Gasteiger partial charge < -0.3 is 19.8 Å². The number of rotatable bonds is 7. The summed E-state index contributed by atoms with van der Waals surface area (Å²) in [5.41, 5.74) is 4.38. The number of halogens is 1. The van der Waals surface area contributed by atoms with Crippen molar-refractivity contribution in [1.29, 1.82) is 0 Å². The lowest BCUT2D eigenvalue weighted by molar-refractivity contribution is 0.205. The molecule has 1 aliphatic heterocycles. The topological polar surface area (TPSA) is 65.8 Å². The van der Waals surface area contributed by atoms with Crippen molar-refractivity contribution < 1.29 is 19.3 Å². The Morgan fingerprint density at radius 1 is 1.16 bits per heavy atom. The van der Waals surface area contributed by atoms with Gasteiger partial charge in [-0.2, -0.15) is 0 Å². The first-order valence-electron chi connectivity index (χ1n) is 10.6. The summed E-state index contributed by atoms with van der Waals surface area (Å²) in [6, 6.07) is 16.4. The normalized spacial score (nSPS) is 17.0. The van der Waals surface area contributed by atoms with E-state index in [1.807, 2.05) is 42.5 Å². The third-order valence-electron chi connectivity index (χ3n) is 5.81. The number of pyridine rings is 1. The average molecular weight is 423 g/mol. The maximum absolute atomic E-state index is 13.8. The standard InChI is InChI=1S/C25H27FN2O3/c1-2-17-6-3-4-7-21(17)24(30)18-9-10-23(19(14-18)16-29)28-13-11-20(15-28)31-25-22(26)8-5-12-27-25/h3-10,12,14,20,24,29-30H,2,11,13,15-16H2,1H3/t20-,24?/m0/s1. The Bertz CT molecular complexity index is 1040. The molecule has 162 valence electrons. The van der Waals surface area contributed by atoms with Gasteiger partial charge in [-0.1, -0.05) is 37.3 Å². The van der Waals surface area contributed by atoms with E-state index in [2.05, 4.69) is 16.8 Å². The number of anilines is 1. The fourth-order valence-corrected chi connectivity index (χ4v) is 4.17. The number of aliphatic hydroxyl groups is 2. The Hall–Kier alpha value is -2.96. The lowest BCUT2D eigenvalue weighted by atomic mass is 9.94. The summed E-state index contributed by atoms with van der Waals surface area (Å²) < 4.78 is 19.6. The van der Waals surface area contributed by atoms with Crippen LogP contribution >= 0.6 is 0 Å². The fraction of sp³-hybridized carbons (Fsp3) is 0.320. The van der Waals surface area contributed by atoms with Crippen LogP contribution in [0.5, 0.6) is 5.88 Å². The fourth-order valence-electron chi connectivity index (χ4n) is 4.17. The van der Waals surface area contributed by atoms with Gasteiger partial charge >= 0.3 is 0 Å². The highest BCUT2D eigenvalue weighted by molar-refractivity contribution is 5.57. The van der Waals surface area contributed by atoms with Crippen LogP contribution in [-0.2, 0) is 13.0 Å². The van der Waals surface area contributed by atoms with Gasteiger partial charge in [0, 0.05) is 30.4 Å². The highest BCUT2D eigenvalue weighted by Crippen LogP contribution is 2.32. The number of hydrogen-bond acceptors (Lipinski definition) is 5. The molecule has 3 aromatic rings. The Morgan fingerprint density at radius 2 is 2.00 bits per heavy atom. The third kappa shape index (κ3) is 4.55. The number of aryl methyl sites for hydroxylation is 1.